The Balaban J connectivity index is 2.67. The zero-order chi connectivity index (χ0) is 33.2. The van der Waals surface area contributed by atoms with E-state index >= 15 is 0 Å². The Labute approximate surface area is 281 Å². The monoisotopic (exact) mass is 636 g/mol. The highest BCUT2D eigenvalue weighted by atomic mass is 16.5. The smallest absolute Gasteiger partial charge is 0.204 e. The first-order chi connectivity index (χ1) is 22.6. The number of ketones is 1. The molecule has 0 saturated carbocycles. The van der Waals surface area contributed by atoms with Gasteiger partial charge in [0.25, 0.3) is 0 Å². The fourth-order valence-electron chi connectivity index (χ4n) is 5.47. The molecule has 2 aromatic carbocycles. The normalized spacial score (nSPS) is 11.2. The number of benzene rings is 2. The summed E-state index contributed by atoms with van der Waals surface area (Å²) in [5, 5.41) is 0. The highest BCUT2D eigenvalue weighted by Crippen LogP contribution is 2.50. The Morgan fingerprint density at radius 3 is 1.41 bits per heavy atom. The third-order valence-electron chi connectivity index (χ3n) is 8.24. The number of hydrogen-bond donors (Lipinski definition) is 0. The molecule has 2 rings (SSSR count). The number of carbonyl (C=O) groups is 1. The van der Waals surface area contributed by atoms with Gasteiger partial charge in [0.2, 0.25) is 5.75 Å². The van der Waals surface area contributed by atoms with Crippen LogP contribution >= 0.6 is 0 Å². The molecular weight excluding hydrogens is 572 g/mol. The van der Waals surface area contributed by atoms with Crippen LogP contribution in [0.3, 0.4) is 0 Å². The predicted octanol–water partition coefficient (Wildman–Crippen LogP) is 12.0. The topological polar surface area (TPSA) is 54.0 Å². The second-order valence-electron chi connectivity index (χ2n) is 12.3. The lowest BCUT2D eigenvalue weighted by Crippen LogP contribution is -2.12. The van der Waals surface area contributed by atoms with Crippen LogP contribution in [-0.4, -0.2) is 32.2 Å². The molecule has 0 aliphatic heterocycles. The maximum atomic E-state index is 13.3. The van der Waals surface area contributed by atoms with Crippen molar-refractivity contribution in [1.29, 1.82) is 0 Å². The zero-order valence-electron chi connectivity index (χ0n) is 29.9. The second kappa shape index (κ2) is 25.2. The lowest BCUT2D eigenvalue weighted by molar-refractivity contribution is 0.104. The average Bonchev–Trinajstić information content (AvgIpc) is 3.08. The Bertz CT molecular complexity index is 1110. The quantitative estimate of drug-likeness (QED) is 0.0528. The standard InChI is InChI=1S/C41H64O5/c1-6-11-15-22-30-43-38-35(10-5)39(44-31-23-16-12-7-2)41(46-33-25-18-14-9-4)40(45-32-24-17-13-8-3)36(38)28-29-37(42)34-26-20-19-21-27-34/h19-21,26-29H,6-18,22-25,30-33H2,1-5H3. The van der Waals surface area contributed by atoms with Crippen molar-refractivity contribution in [1.82, 2.24) is 0 Å². The van der Waals surface area contributed by atoms with Crippen LogP contribution < -0.4 is 18.9 Å². The van der Waals surface area contributed by atoms with Crippen LogP contribution in [0.15, 0.2) is 36.4 Å². The van der Waals surface area contributed by atoms with E-state index in [-0.39, 0.29) is 5.78 Å². The van der Waals surface area contributed by atoms with Gasteiger partial charge in [0, 0.05) is 11.1 Å². The van der Waals surface area contributed by atoms with Crippen molar-refractivity contribution in [2.75, 3.05) is 26.4 Å². The zero-order valence-corrected chi connectivity index (χ0v) is 29.9. The van der Waals surface area contributed by atoms with Crippen LogP contribution in [0.4, 0.5) is 0 Å². The van der Waals surface area contributed by atoms with Crippen LogP contribution in [0.25, 0.3) is 6.08 Å². The maximum absolute atomic E-state index is 13.3. The third-order valence-corrected chi connectivity index (χ3v) is 8.24. The summed E-state index contributed by atoms with van der Waals surface area (Å²) in [4.78, 5) is 13.3. The van der Waals surface area contributed by atoms with E-state index in [4.69, 9.17) is 18.9 Å². The Morgan fingerprint density at radius 1 is 0.522 bits per heavy atom. The first kappa shape index (κ1) is 39.2. The number of ether oxygens (including phenoxy) is 4. The molecule has 46 heavy (non-hydrogen) atoms. The summed E-state index contributed by atoms with van der Waals surface area (Å²) in [6.07, 6.45) is 22.0. The molecule has 0 fully saturated rings. The SMILES string of the molecule is CCCCCCOc1c(C=CC(=O)c2ccccc2)c(OCCCCCC)c(OCCCCCC)c(OCCCCCC)c1CC. The van der Waals surface area contributed by atoms with Gasteiger partial charge in [-0.15, -0.1) is 0 Å². The summed E-state index contributed by atoms with van der Waals surface area (Å²) in [6, 6.07) is 9.40. The summed E-state index contributed by atoms with van der Waals surface area (Å²) in [5.41, 5.74) is 2.41. The molecule has 0 aliphatic carbocycles. The van der Waals surface area contributed by atoms with Gasteiger partial charge in [-0.1, -0.05) is 142 Å². The fourth-order valence-corrected chi connectivity index (χ4v) is 5.47. The van der Waals surface area contributed by atoms with Crippen LogP contribution in [0.1, 0.15) is 159 Å². The van der Waals surface area contributed by atoms with Crippen LogP contribution in [-0.2, 0) is 6.42 Å². The van der Waals surface area contributed by atoms with Gasteiger partial charge in [-0.25, -0.2) is 0 Å². The molecule has 258 valence electrons. The van der Waals surface area contributed by atoms with Gasteiger partial charge in [-0.05, 0) is 44.3 Å². The minimum Gasteiger partial charge on any atom is -0.492 e. The fraction of sp³-hybridized carbons (Fsp3) is 0.634. The predicted molar refractivity (Wildman–Crippen MR) is 194 cm³/mol. The van der Waals surface area contributed by atoms with Crippen LogP contribution in [0.2, 0.25) is 0 Å². The van der Waals surface area contributed by atoms with Crippen LogP contribution in [0.5, 0.6) is 23.0 Å². The lowest BCUT2D eigenvalue weighted by atomic mass is 10.0. The Kier molecular flexibility index (Phi) is 21.5. The molecule has 0 spiro atoms. The van der Waals surface area contributed by atoms with E-state index < -0.39 is 0 Å². The van der Waals surface area contributed by atoms with Gasteiger partial charge >= 0.3 is 0 Å². The summed E-state index contributed by atoms with van der Waals surface area (Å²) in [6.45, 7) is 13.4. The van der Waals surface area contributed by atoms with Crippen molar-refractivity contribution in [3.63, 3.8) is 0 Å². The molecule has 0 heterocycles. The number of rotatable bonds is 28. The minimum absolute atomic E-state index is 0.0558. The van der Waals surface area contributed by atoms with Gasteiger partial charge in [-0.2, -0.15) is 0 Å². The molecule has 0 N–H and O–H groups in total. The van der Waals surface area contributed by atoms with Gasteiger partial charge in [0.1, 0.15) is 5.75 Å². The van der Waals surface area contributed by atoms with Crippen molar-refractivity contribution >= 4 is 11.9 Å². The van der Waals surface area contributed by atoms with E-state index in [0.717, 1.165) is 74.0 Å². The highest BCUT2D eigenvalue weighted by Gasteiger charge is 2.27. The number of hydrogen-bond acceptors (Lipinski definition) is 5. The molecule has 0 atom stereocenters. The van der Waals surface area contributed by atoms with Crippen LogP contribution in [0, 0.1) is 0 Å². The van der Waals surface area contributed by atoms with Gasteiger partial charge in [0.15, 0.2) is 17.3 Å². The van der Waals surface area contributed by atoms with Gasteiger partial charge in [0.05, 0.1) is 32.0 Å². The van der Waals surface area contributed by atoms with E-state index in [0.29, 0.717) is 49.9 Å². The molecule has 0 unspecified atom stereocenters. The molecule has 0 saturated heterocycles. The van der Waals surface area contributed by atoms with E-state index in [1.807, 2.05) is 36.4 Å². The van der Waals surface area contributed by atoms with Gasteiger partial charge in [-0.3, -0.25) is 4.79 Å². The minimum atomic E-state index is -0.0558. The molecule has 0 aromatic heterocycles. The first-order valence-corrected chi connectivity index (χ1v) is 18.6. The van der Waals surface area contributed by atoms with Gasteiger partial charge < -0.3 is 18.9 Å². The summed E-state index contributed by atoms with van der Waals surface area (Å²) in [5.74, 6) is 2.73. The van der Waals surface area contributed by atoms with Crippen molar-refractivity contribution in [3.05, 3.63) is 53.1 Å². The van der Waals surface area contributed by atoms with E-state index in [1.165, 1.54) is 51.4 Å². The maximum Gasteiger partial charge on any atom is 0.204 e. The number of carbonyl (C=O) groups excluding carboxylic acids is 1. The summed E-state index contributed by atoms with van der Waals surface area (Å²) < 4.78 is 26.6. The molecule has 5 heteroatoms. The second-order valence-corrected chi connectivity index (χ2v) is 12.3. The molecule has 0 amide bonds. The molecular formula is C41H64O5. The average molecular weight is 637 g/mol. The van der Waals surface area contributed by atoms with Crippen molar-refractivity contribution in [3.8, 4) is 23.0 Å². The van der Waals surface area contributed by atoms with Crippen molar-refractivity contribution in [2.45, 2.75) is 144 Å². The summed E-state index contributed by atoms with van der Waals surface area (Å²) >= 11 is 0. The Morgan fingerprint density at radius 2 is 0.957 bits per heavy atom. The van der Waals surface area contributed by atoms with E-state index in [2.05, 4.69) is 34.6 Å². The largest absolute Gasteiger partial charge is 0.492 e. The lowest BCUT2D eigenvalue weighted by Gasteiger charge is -2.25. The van der Waals surface area contributed by atoms with Crippen molar-refractivity contribution < 1.29 is 23.7 Å². The van der Waals surface area contributed by atoms with E-state index in [1.54, 1.807) is 6.08 Å². The summed E-state index contributed by atoms with van der Waals surface area (Å²) in [7, 11) is 0. The first-order valence-electron chi connectivity index (χ1n) is 18.6. The molecule has 0 aliphatic rings. The number of unbranched alkanes of at least 4 members (excludes halogenated alkanes) is 12. The molecule has 0 bridgehead atoms. The highest BCUT2D eigenvalue weighted by molar-refractivity contribution is 6.07. The molecule has 0 radical (unpaired) electrons. The van der Waals surface area contributed by atoms with E-state index in [9.17, 15) is 4.79 Å². The molecule has 2 aromatic rings. The molecule has 5 nitrogen and oxygen atoms in total. The van der Waals surface area contributed by atoms with Crippen molar-refractivity contribution in [2.24, 2.45) is 0 Å². The number of allylic oxidation sites excluding steroid dienone is 1. The Hall–Kier alpha value is -2.95. The third kappa shape index (κ3) is 14.2.